The lowest BCUT2D eigenvalue weighted by Gasteiger charge is -2.11. The SMILES string of the molecule is Cc1nn(CC(=O)Nc2cnn(Cc3ccc(Br)cc3)c2)c2nc(C3CC3)cc(C(F)(F)F)c12. The molecular formula is C23H20BrF3N6O. The molecule has 1 aromatic carbocycles. The lowest BCUT2D eigenvalue weighted by Crippen LogP contribution is -2.20. The van der Waals surface area contributed by atoms with Crippen LogP contribution in [-0.4, -0.2) is 30.5 Å². The molecule has 1 fully saturated rings. The molecule has 1 N–H and O–H groups in total. The van der Waals surface area contributed by atoms with Crippen LogP contribution in [0.15, 0.2) is 47.2 Å². The molecule has 1 aliphatic rings. The number of hydrogen-bond acceptors (Lipinski definition) is 4. The number of aromatic nitrogens is 5. The van der Waals surface area contributed by atoms with Gasteiger partial charge in [0.1, 0.15) is 6.54 Å². The molecule has 0 aliphatic heterocycles. The van der Waals surface area contributed by atoms with Gasteiger partial charge < -0.3 is 5.32 Å². The molecule has 11 heteroatoms. The first-order valence-corrected chi connectivity index (χ1v) is 11.5. The average molecular weight is 533 g/mol. The fourth-order valence-electron chi connectivity index (χ4n) is 3.92. The minimum absolute atomic E-state index is 0.0274. The number of benzene rings is 1. The Morgan fingerprint density at radius 2 is 1.97 bits per heavy atom. The fourth-order valence-corrected chi connectivity index (χ4v) is 4.19. The van der Waals surface area contributed by atoms with Gasteiger partial charge in [-0.2, -0.15) is 23.4 Å². The molecule has 1 aliphatic carbocycles. The summed E-state index contributed by atoms with van der Waals surface area (Å²) in [5.41, 5.74) is 1.44. The Balaban J connectivity index is 1.35. The first-order valence-electron chi connectivity index (χ1n) is 10.7. The molecule has 0 bridgehead atoms. The van der Waals surface area contributed by atoms with Crippen LogP contribution in [0.3, 0.4) is 0 Å². The van der Waals surface area contributed by atoms with Crippen molar-refractivity contribution in [3.8, 4) is 0 Å². The molecule has 3 aromatic heterocycles. The van der Waals surface area contributed by atoms with Gasteiger partial charge in [-0.3, -0.25) is 9.48 Å². The van der Waals surface area contributed by atoms with E-state index in [2.05, 4.69) is 36.4 Å². The molecule has 3 heterocycles. The number of carbonyl (C=O) groups is 1. The number of fused-ring (bicyclic) bond motifs is 1. The zero-order valence-corrected chi connectivity index (χ0v) is 19.7. The molecule has 7 nitrogen and oxygen atoms in total. The molecule has 1 saturated carbocycles. The maximum Gasteiger partial charge on any atom is 0.417 e. The van der Waals surface area contributed by atoms with Crippen molar-refractivity contribution in [2.75, 3.05) is 5.32 Å². The van der Waals surface area contributed by atoms with E-state index in [0.717, 1.165) is 28.9 Å². The van der Waals surface area contributed by atoms with Gasteiger partial charge in [0.05, 0.1) is 35.1 Å². The zero-order chi connectivity index (χ0) is 24.0. The summed E-state index contributed by atoms with van der Waals surface area (Å²) in [7, 11) is 0. The minimum atomic E-state index is -4.53. The quantitative estimate of drug-likeness (QED) is 0.366. The Kier molecular flexibility index (Phi) is 5.67. The van der Waals surface area contributed by atoms with E-state index < -0.39 is 17.6 Å². The second kappa shape index (κ2) is 8.53. The predicted molar refractivity (Wildman–Crippen MR) is 123 cm³/mol. The summed E-state index contributed by atoms with van der Waals surface area (Å²) in [4.78, 5) is 17.1. The molecule has 0 unspecified atom stereocenters. The van der Waals surface area contributed by atoms with Gasteiger partial charge in [-0.05, 0) is 43.5 Å². The highest BCUT2D eigenvalue weighted by atomic mass is 79.9. The molecular weight excluding hydrogens is 513 g/mol. The first kappa shape index (κ1) is 22.6. The maximum absolute atomic E-state index is 13.7. The van der Waals surface area contributed by atoms with Gasteiger partial charge in [0.25, 0.3) is 0 Å². The molecule has 5 rings (SSSR count). The van der Waals surface area contributed by atoms with Crippen molar-refractivity contribution in [3.63, 3.8) is 0 Å². The predicted octanol–water partition coefficient (Wildman–Crippen LogP) is 5.28. The van der Waals surface area contributed by atoms with E-state index in [1.54, 1.807) is 10.9 Å². The molecule has 34 heavy (non-hydrogen) atoms. The monoisotopic (exact) mass is 532 g/mol. The summed E-state index contributed by atoms with van der Waals surface area (Å²) in [5, 5.41) is 11.1. The van der Waals surface area contributed by atoms with Crippen LogP contribution in [0.5, 0.6) is 0 Å². The Morgan fingerprint density at radius 3 is 2.65 bits per heavy atom. The Bertz CT molecular complexity index is 1370. The molecule has 0 saturated heterocycles. The number of nitrogens with zero attached hydrogens (tertiary/aromatic N) is 5. The van der Waals surface area contributed by atoms with Crippen LogP contribution in [0.25, 0.3) is 11.0 Å². The Morgan fingerprint density at radius 1 is 1.24 bits per heavy atom. The second-order valence-corrected chi connectivity index (χ2v) is 9.33. The van der Waals surface area contributed by atoms with E-state index in [1.165, 1.54) is 17.8 Å². The summed E-state index contributed by atoms with van der Waals surface area (Å²) < 4.78 is 45.1. The number of carbonyl (C=O) groups excluding carboxylic acids is 1. The van der Waals surface area contributed by atoms with Crippen LogP contribution < -0.4 is 5.32 Å². The Hall–Kier alpha value is -3.21. The lowest BCUT2D eigenvalue weighted by atomic mass is 10.1. The minimum Gasteiger partial charge on any atom is -0.322 e. The lowest BCUT2D eigenvalue weighted by molar-refractivity contribution is -0.136. The standard InChI is InChI=1S/C23H20BrF3N6O/c1-13-21-18(23(25,26)27)8-19(15-4-5-15)30-22(21)33(31-13)12-20(34)29-17-9-28-32(11-17)10-14-2-6-16(24)7-3-14/h2-3,6-9,11,15H,4-5,10,12H2,1H3,(H,29,34). The average Bonchev–Trinajstić information content (AvgIpc) is 3.47. The number of anilines is 1. The third kappa shape index (κ3) is 4.70. The van der Waals surface area contributed by atoms with E-state index in [-0.39, 0.29) is 29.2 Å². The highest BCUT2D eigenvalue weighted by molar-refractivity contribution is 9.10. The Labute approximate surface area is 201 Å². The van der Waals surface area contributed by atoms with Gasteiger partial charge in [-0.15, -0.1) is 0 Å². The van der Waals surface area contributed by atoms with Crippen LogP contribution >= 0.6 is 15.9 Å². The third-order valence-corrected chi connectivity index (χ3v) is 6.20. The van der Waals surface area contributed by atoms with Crippen molar-refractivity contribution < 1.29 is 18.0 Å². The fraction of sp³-hybridized carbons (Fsp3) is 0.304. The van der Waals surface area contributed by atoms with Crippen molar-refractivity contribution in [1.29, 1.82) is 0 Å². The van der Waals surface area contributed by atoms with E-state index >= 15 is 0 Å². The number of hydrogen-bond donors (Lipinski definition) is 1. The molecule has 0 atom stereocenters. The number of rotatable bonds is 6. The second-order valence-electron chi connectivity index (χ2n) is 8.41. The van der Waals surface area contributed by atoms with Gasteiger partial charge >= 0.3 is 6.18 Å². The summed E-state index contributed by atoms with van der Waals surface area (Å²) in [6.45, 7) is 1.76. The third-order valence-electron chi connectivity index (χ3n) is 5.67. The molecule has 176 valence electrons. The van der Waals surface area contributed by atoms with Gasteiger partial charge in [-0.25, -0.2) is 9.67 Å². The highest BCUT2D eigenvalue weighted by Crippen LogP contribution is 2.43. The van der Waals surface area contributed by atoms with E-state index in [4.69, 9.17) is 0 Å². The van der Waals surface area contributed by atoms with E-state index in [0.29, 0.717) is 17.9 Å². The van der Waals surface area contributed by atoms with Gasteiger partial charge in [0, 0.05) is 22.3 Å². The van der Waals surface area contributed by atoms with Crippen molar-refractivity contribution in [2.24, 2.45) is 0 Å². The number of aryl methyl sites for hydroxylation is 1. The molecule has 0 radical (unpaired) electrons. The van der Waals surface area contributed by atoms with Crippen molar-refractivity contribution >= 4 is 38.6 Å². The number of alkyl halides is 3. The van der Waals surface area contributed by atoms with Crippen LogP contribution in [0, 0.1) is 6.92 Å². The van der Waals surface area contributed by atoms with Crippen LogP contribution in [0.2, 0.25) is 0 Å². The first-order chi connectivity index (χ1) is 16.2. The molecule has 1 amide bonds. The number of halogens is 4. The topological polar surface area (TPSA) is 77.6 Å². The highest BCUT2D eigenvalue weighted by Gasteiger charge is 2.37. The zero-order valence-electron chi connectivity index (χ0n) is 18.1. The van der Waals surface area contributed by atoms with Crippen LogP contribution in [0.1, 0.15) is 41.3 Å². The molecule has 4 aromatic rings. The van der Waals surface area contributed by atoms with Crippen molar-refractivity contribution in [1.82, 2.24) is 24.5 Å². The van der Waals surface area contributed by atoms with Crippen LogP contribution in [0.4, 0.5) is 18.9 Å². The van der Waals surface area contributed by atoms with Gasteiger partial charge in [0.15, 0.2) is 5.65 Å². The largest absolute Gasteiger partial charge is 0.417 e. The smallest absolute Gasteiger partial charge is 0.322 e. The number of amides is 1. The normalized spacial score (nSPS) is 14.0. The summed E-state index contributed by atoms with van der Waals surface area (Å²) in [6.07, 6.45) is 0.308. The van der Waals surface area contributed by atoms with E-state index in [1.807, 2.05) is 24.3 Å². The number of nitrogens with one attached hydrogen (secondary N) is 1. The van der Waals surface area contributed by atoms with Gasteiger partial charge in [0.2, 0.25) is 5.91 Å². The number of pyridine rings is 1. The summed E-state index contributed by atoms with van der Waals surface area (Å²) in [5.74, 6) is -0.403. The van der Waals surface area contributed by atoms with Gasteiger partial charge in [-0.1, -0.05) is 28.1 Å². The van der Waals surface area contributed by atoms with Crippen molar-refractivity contribution in [2.45, 2.75) is 44.9 Å². The summed E-state index contributed by atoms with van der Waals surface area (Å²) in [6, 6.07) is 8.93. The van der Waals surface area contributed by atoms with E-state index in [9.17, 15) is 18.0 Å². The summed E-state index contributed by atoms with van der Waals surface area (Å²) >= 11 is 3.40. The molecule has 0 spiro atoms. The van der Waals surface area contributed by atoms with Crippen molar-refractivity contribution in [3.05, 3.63) is 69.7 Å². The maximum atomic E-state index is 13.7. The van der Waals surface area contributed by atoms with Crippen LogP contribution in [-0.2, 0) is 24.1 Å².